The van der Waals surface area contributed by atoms with E-state index in [-0.39, 0.29) is 12.4 Å². The number of nitrogens with one attached hydrogen (secondary N) is 1. The second-order valence-corrected chi connectivity index (χ2v) is 6.59. The smallest absolute Gasteiger partial charge is 0.161 e. The summed E-state index contributed by atoms with van der Waals surface area (Å²) in [6, 6.07) is 4.95. The number of ether oxygens (including phenoxy) is 2. The minimum atomic E-state index is 0. The molecule has 0 amide bonds. The molecule has 0 radical (unpaired) electrons. The van der Waals surface area contributed by atoms with Gasteiger partial charge >= 0.3 is 0 Å². The summed E-state index contributed by atoms with van der Waals surface area (Å²) in [7, 11) is 3.39. The number of halogens is 1. The van der Waals surface area contributed by atoms with Crippen molar-refractivity contribution < 1.29 is 9.47 Å². The van der Waals surface area contributed by atoms with Crippen LogP contribution in [-0.2, 0) is 6.54 Å². The van der Waals surface area contributed by atoms with E-state index in [0.717, 1.165) is 43.7 Å². The van der Waals surface area contributed by atoms with Crippen LogP contribution in [0.15, 0.2) is 12.1 Å². The molecule has 0 spiro atoms. The van der Waals surface area contributed by atoms with Crippen LogP contribution in [0.25, 0.3) is 0 Å². The first-order chi connectivity index (χ1) is 11.2. The third-order valence-corrected chi connectivity index (χ3v) is 5.19. The van der Waals surface area contributed by atoms with Gasteiger partial charge in [0.25, 0.3) is 0 Å². The maximum absolute atomic E-state index is 5.45. The zero-order valence-electron chi connectivity index (χ0n) is 15.0. The maximum atomic E-state index is 5.45. The molecule has 1 unspecified atom stereocenters. The van der Waals surface area contributed by atoms with Crippen LogP contribution in [0.5, 0.6) is 11.5 Å². The van der Waals surface area contributed by atoms with Crippen LogP contribution < -0.4 is 14.8 Å². The molecular formula is C18H30ClN3O2. The van der Waals surface area contributed by atoms with E-state index in [4.69, 9.17) is 9.47 Å². The lowest BCUT2D eigenvalue weighted by Gasteiger charge is -2.38. The fourth-order valence-electron chi connectivity index (χ4n) is 3.67. The Morgan fingerprint density at radius 1 is 1.08 bits per heavy atom. The van der Waals surface area contributed by atoms with Crippen LogP contribution in [-0.4, -0.2) is 69.3 Å². The molecule has 1 aromatic carbocycles. The number of benzene rings is 1. The van der Waals surface area contributed by atoms with Gasteiger partial charge in [-0.3, -0.25) is 9.80 Å². The number of aryl methyl sites for hydroxylation is 1. The summed E-state index contributed by atoms with van der Waals surface area (Å²) in [6.07, 6.45) is 1.30. The second kappa shape index (κ2) is 8.90. The molecule has 0 saturated carbocycles. The zero-order valence-corrected chi connectivity index (χ0v) is 15.8. The van der Waals surface area contributed by atoms with E-state index in [1.165, 1.54) is 37.2 Å². The normalized spacial score (nSPS) is 22.2. The summed E-state index contributed by atoms with van der Waals surface area (Å²) in [5.41, 5.74) is 2.60. The highest BCUT2D eigenvalue weighted by Crippen LogP contribution is 2.31. The molecule has 2 aliphatic rings. The van der Waals surface area contributed by atoms with Crippen LogP contribution in [0.1, 0.15) is 17.5 Å². The molecule has 3 rings (SSSR count). The van der Waals surface area contributed by atoms with Crippen molar-refractivity contribution in [1.82, 2.24) is 15.1 Å². The van der Waals surface area contributed by atoms with Gasteiger partial charge in [-0.15, -0.1) is 12.4 Å². The lowest BCUT2D eigenvalue weighted by atomic mass is 10.1. The van der Waals surface area contributed by atoms with E-state index in [2.05, 4.69) is 34.2 Å². The average molecular weight is 356 g/mol. The Hall–Kier alpha value is -1.01. The molecule has 1 atom stereocenters. The molecule has 2 aliphatic heterocycles. The van der Waals surface area contributed by atoms with Crippen molar-refractivity contribution in [1.29, 1.82) is 0 Å². The molecule has 1 N–H and O–H groups in total. The SMILES string of the molecule is COc1cc(C)c(CN2CCN(C3CCNC3)CC2)cc1OC.Cl. The van der Waals surface area contributed by atoms with Gasteiger partial charge in [0.1, 0.15) is 0 Å². The van der Waals surface area contributed by atoms with Gasteiger partial charge in [0.2, 0.25) is 0 Å². The predicted octanol–water partition coefficient (Wildman–Crippen LogP) is 1.91. The van der Waals surface area contributed by atoms with E-state index < -0.39 is 0 Å². The van der Waals surface area contributed by atoms with E-state index in [1.54, 1.807) is 14.2 Å². The van der Waals surface area contributed by atoms with Gasteiger partial charge in [-0.1, -0.05) is 0 Å². The highest BCUT2D eigenvalue weighted by molar-refractivity contribution is 5.85. The maximum Gasteiger partial charge on any atom is 0.161 e. The lowest BCUT2D eigenvalue weighted by Crippen LogP contribution is -2.50. The number of rotatable bonds is 5. The highest BCUT2D eigenvalue weighted by Gasteiger charge is 2.26. The molecule has 0 bridgehead atoms. The van der Waals surface area contributed by atoms with E-state index in [0.29, 0.717) is 0 Å². The van der Waals surface area contributed by atoms with Crippen molar-refractivity contribution in [2.45, 2.75) is 25.9 Å². The molecule has 1 aromatic rings. The Balaban J connectivity index is 0.00000208. The van der Waals surface area contributed by atoms with Crippen molar-refractivity contribution in [2.24, 2.45) is 0 Å². The number of piperazine rings is 1. The summed E-state index contributed by atoms with van der Waals surface area (Å²) < 4.78 is 10.8. The Morgan fingerprint density at radius 3 is 2.33 bits per heavy atom. The zero-order chi connectivity index (χ0) is 16.2. The van der Waals surface area contributed by atoms with Crippen LogP contribution >= 0.6 is 12.4 Å². The highest BCUT2D eigenvalue weighted by atomic mass is 35.5. The van der Waals surface area contributed by atoms with E-state index in [1.807, 2.05) is 0 Å². The van der Waals surface area contributed by atoms with Crippen molar-refractivity contribution in [3.05, 3.63) is 23.3 Å². The fraction of sp³-hybridized carbons (Fsp3) is 0.667. The molecule has 0 aromatic heterocycles. The number of nitrogens with zero attached hydrogens (tertiary/aromatic N) is 2. The second-order valence-electron chi connectivity index (χ2n) is 6.59. The molecule has 2 fully saturated rings. The molecule has 5 nitrogen and oxygen atoms in total. The Labute approximate surface area is 151 Å². The van der Waals surface area contributed by atoms with Crippen LogP contribution in [0.3, 0.4) is 0 Å². The fourth-order valence-corrected chi connectivity index (χ4v) is 3.67. The summed E-state index contributed by atoms with van der Waals surface area (Å²) in [5, 5.41) is 3.47. The number of hydrogen-bond donors (Lipinski definition) is 1. The largest absolute Gasteiger partial charge is 0.493 e. The standard InChI is InChI=1S/C18H29N3O2.ClH/c1-14-10-17(22-2)18(23-3)11-15(14)13-20-6-8-21(9-7-20)16-4-5-19-12-16;/h10-11,16,19H,4-9,12-13H2,1-3H3;1H. The molecule has 2 saturated heterocycles. The Morgan fingerprint density at radius 2 is 1.75 bits per heavy atom. The first kappa shape index (κ1) is 19.3. The van der Waals surface area contributed by atoms with Crippen LogP contribution in [0, 0.1) is 6.92 Å². The minimum absolute atomic E-state index is 0. The molecule has 136 valence electrons. The predicted molar refractivity (Wildman–Crippen MR) is 99.7 cm³/mol. The summed E-state index contributed by atoms with van der Waals surface area (Å²) in [6.45, 7) is 10.1. The lowest BCUT2D eigenvalue weighted by molar-refractivity contribution is 0.0979. The van der Waals surface area contributed by atoms with Gasteiger partial charge in [0, 0.05) is 45.3 Å². The van der Waals surface area contributed by atoms with E-state index >= 15 is 0 Å². The summed E-state index contributed by atoms with van der Waals surface area (Å²) in [5.74, 6) is 1.64. The van der Waals surface area contributed by atoms with Crippen molar-refractivity contribution in [3.8, 4) is 11.5 Å². The van der Waals surface area contributed by atoms with Crippen molar-refractivity contribution >= 4 is 12.4 Å². The topological polar surface area (TPSA) is 37.0 Å². The molecule has 0 aliphatic carbocycles. The van der Waals surface area contributed by atoms with Gasteiger partial charge < -0.3 is 14.8 Å². The number of hydrogen-bond acceptors (Lipinski definition) is 5. The van der Waals surface area contributed by atoms with Crippen molar-refractivity contribution in [2.75, 3.05) is 53.5 Å². The van der Waals surface area contributed by atoms with Crippen LogP contribution in [0.2, 0.25) is 0 Å². The molecule has 24 heavy (non-hydrogen) atoms. The van der Waals surface area contributed by atoms with Gasteiger partial charge in [-0.2, -0.15) is 0 Å². The average Bonchev–Trinajstić information content (AvgIpc) is 3.11. The number of methoxy groups -OCH3 is 2. The van der Waals surface area contributed by atoms with E-state index in [9.17, 15) is 0 Å². The monoisotopic (exact) mass is 355 g/mol. The van der Waals surface area contributed by atoms with Gasteiger partial charge in [0.05, 0.1) is 14.2 Å². The van der Waals surface area contributed by atoms with Crippen molar-refractivity contribution in [3.63, 3.8) is 0 Å². The quantitative estimate of drug-likeness (QED) is 0.873. The third-order valence-electron chi connectivity index (χ3n) is 5.19. The minimum Gasteiger partial charge on any atom is -0.493 e. The summed E-state index contributed by atoms with van der Waals surface area (Å²) >= 11 is 0. The molecule has 2 heterocycles. The van der Waals surface area contributed by atoms with Gasteiger partial charge in [-0.05, 0) is 43.1 Å². The van der Waals surface area contributed by atoms with Gasteiger partial charge in [-0.25, -0.2) is 0 Å². The Bertz CT molecular complexity index is 527. The van der Waals surface area contributed by atoms with Crippen LogP contribution in [0.4, 0.5) is 0 Å². The first-order valence-corrected chi connectivity index (χ1v) is 8.60. The third kappa shape index (κ3) is 4.33. The van der Waals surface area contributed by atoms with Gasteiger partial charge in [0.15, 0.2) is 11.5 Å². The summed E-state index contributed by atoms with van der Waals surface area (Å²) in [4.78, 5) is 5.20. The Kier molecular flexibility index (Phi) is 7.16. The first-order valence-electron chi connectivity index (χ1n) is 8.60. The molecular weight excluding hydrogens is 326 g/mol. The molecule has 6 heteroatoms.